The third-order valence-corrected chi connectivity index (χ3v) is 2.45. The maximum atomic E-state index is 11.1. The van der Waals surface area contributed by atoms with Crippen molar-refractivity contribution in [1.82, 2.24) is 9.78 Å². The fourth-order valence-corrected chi connectivity index (χ4v) is 1.75. The molecule has 0 radical (unpaired) electrons. The van der Waals surface area contributed by atoms with Gasteiger partial charge in [-0.2, -0.15) is 5.10 Å². The van der Waals surface area contributed by atoms with E-state index in [1.165, 1.54) is 18.2 Å². The summed E-state index contributed by atoms with van der Waals surface area (Å²) in [6, 6.07) is 6.06. The van der Waals surface area contributed by atoms with E-state index in [2.05, 4.69) is 5.10 Å². The first-order valence-electron chi connectivity index (χ1n) is 5.09. The Morgan fingerprint density at radius 3 is 2.53 bits per heavy atom. The number of hydrogen-bond acceptors (Lipinski definition) is 3. The third kappa shape index (κ3) is 1.99. The molecule has 0 fully saturated rings. The van der Waals surface area contributed by atoms with Crippen molar-refractivity contribution >= 4 is 5.97 Å². The molecular formula is C12H12N2O3. The minimum Gasteiger partial charge on any atom is -0.508 e. The first-order chi connectivity index (χ1) is 7.99. The van der Waals surface area contributed by atoms with Crippen LogP contribution in [0.3, 0.4) is 0 Å². The first kappa shape index (κ1) is 11.2. The van der Waals surface area contributed by atoms with Crippen LogP contribution in [0.2, 0.25) is 0 Å². The topological polar surface area (TPSA) is 75.4 Å². The summed E-state index contributed by atoms with van der Waals surface area (Å²) in [7, 11) is 0. The number of aromatic carboxylic acids is 1. The Kier molecular flexibility index (Phi) is 2.59. The average Bonchev–Trinajstić information content (AvgIpc) is 2.57. The number of phenols is 1. The molecule has 0 bridgehead atoms. The van der Waals surface area contributed by atoms with Gasteiger partial charge in [0.25, 0.3) is 0 Å². The molecule has 88 valence electrons. The molecule has 2 rings (SSSR count). The van der Waals surface area contributed by atoms with E-state index in [1.54, 1.807) is 4.68 Å². The number of aromatic hydroxyl groups is 1. The minimum absolute atomic E-state index is 0.0243. The maximum Gasteiger partial charge on any atom is 0.338 e. The Morgan fingerprint density at radius 2 is 2.00 bits per heavy atom. The van der Waals surface area contributed by atoms with Crippen molar-refractivity contribution in [2.75, 3.05) is 0 Å². The Balaban J connectivity index is 2.67. The van der Waals surface area contributed by atoms with E-state index in [1.807, 2.05) is 19.9 Å². The highest BCUT2D eigenvalue weighted by Crippen LogP contribution is 2.21. The lowest BCUT2D eigenvalue weighted by atomic mass is 10.1. The van der Waals surface area contributed by atoms with Crippen LogP contribution in [0, 0.1) is 13.8 Å². The average molecular weight is 232 g/mol. The van der Waals surface area contributed by atoms with Crippen LogP contribution in [-0.4, -0.2) is 26.0 Å². The molecular weight excluding hydrogens is 220 g/mol. The number of carboxylic acids is 1. The molecule has 17 heavy (non-hydrogen) atoms. The van der Waals surface area contributed by atoms with E-state index in [4.69, 9.17) is 5.11 Å². The molecule has 5 heteroatoms. The lowest BCUT2D eigenvalue weighted by molar-refractivity contribution is 0.0696. The van der Waals surface area contributed by atoms with Gasteiger partial charge in [0, 0.05) is 5.69 Å². The number of aromatic nitrogens is 2. The number of hydrogen-bond donors (Lipinski definition) is 2. The molecule has 0 saturated carbocycles. The van der Waals surface area contributed by atoms with E-state index in [0.29, 0.717) is 5.69 Å². The van der Waals surface area contributed by atoms with Gasteiger partial charge >= 0.3 is 5.97 Å². The molecule has 1 aromatic carbocycles. The number of carbonyl (C=O) groups is 1. The first-order valence-corrected chi connectivity index (χ1v) is 5.09. The largest absolute Gasteiger partial charge is 0.508 e. The normalized spacial score (nSPS) is 10.5. The standard InChI is InChI=1S/C12H12N2O3/c1-7-5-8(2)14(13-7)11-4-3-9(15)6-10(11)12(16)17/h3-6,15H,1-2H3,(H,16,17). The quantitative estimate of drug-likeness (QED) is 0.829. The highest BCUT2D eigenvalue weighted by molar-refractivity contribution is 5.92. The minimum atomic E-state index is -1.09. The SMILES string of the molecule is Cc1cc(C)n(-c2ccc(O)cc2C(=O)O)n1. The molecule has 0 aliphatic heterocycles. The van der Waals surface area contributed by atoms with Gasteiger partial charge in [-0.25, -0.2) is 9.48 Å². The second-order valence-electron chi connectivity index (χ2n) is 3.85. The van der Waals surface area contributed by atoms with Gasteiger partial charge in [-0.05, 0) is 38.1 Å². The van der Waals surface area contributed by atoms with Crippen molar-refractivity contribution in [2.45, 2.75) is 13.8 Å². The Labute approximate surface area is 97.9 Å². The summed E-state index contributed by atoms with van der Waals surface area (Å²) in [6.07, 6.45) is 0. The second-order valence-corrected chi connectivity index (χ2v) is 3.85. The summed E-state index contributed by atoms with van der Waals surface area (Å²) in [4.78, 5) is 11.1. The predicted octanol–water partition coefficient (Wildman–Crippen LogP) is 1.89. The fraction of sp³-hybridized carbons (Fsp3) is 0.167. The zero-order valence-electron chi connectivity index (χ0n) is 9.51. The molecule has 2 aromatic rings. The van der Waals surface area contributed by atoms with E-state index in [9.17, 15) is 9.90 Å². The van der Waals surface area contributed by atoms with Crippen LogP contribution in [0.5, 0.6) is 5.75 Å². The molecule has 2 N–H and O–H groups in total. The van der Waals surface area contributed by atoms with Crippen molar-refractivity contribution in [3.05, 3.63) is 41.2 Å². The molecule has 0 saturated heterocycles. The number of carboxylic acid groups (broad SMARTS) is 1. The van der Waals surface area contributed by atoms with Crippen LogP contribution >= 0.6 is 0 Å². The molecule has 1 aromatic heterocycles. The molecule has 0 spiro atoms. The van der Waals surface area contributed by atoms with Gasteiger partial charge in [0.05, 0.1) is 16.9 Å². The van der Waals surface area contributed by atoms with Gasteiger partial charge in [0.2, 0.25) is 0 Å². The molecule has 0 aliphatic carbocycles. The van der Waals surface area contributed by atoms with Gasteiger partial charge < -0.3 is 10.2 Å². The van der Waals surface area contributed by atoms with Gasteiger partial charge in [0.1, 0.15) is 5.75 Å². The number of rotatable bonds is 2. The smallest absolute Gasteiger partial charge is 0.338 e. The van der Waals surface area contributed by atoms with Crippen LogP contribution in [-0.2, 0) is 0 Å². The number of phenolic OH excluding ortho intramolecular Hbond substituents is 1. The third-order valence-electron chi connectivity index (χ3n) is 2.45. The lowest BCUT2D eigenvalue weighted by Gasteiger charge is -2.08. The van der Waals surface area contributed by atoms with Gasteiger partial charge in [-0.1, -0.05) is 0 Å². The molecule has 0 amide bonds. The highest BCUT2D eigenvalue weighted by Gasteiger charge is 2.14. The van der Waals surface area contributed by atoms with Crippen LogP contribution < -0.4 is 0 Å². The summed E-state index contributed by atoms with van der Waals surface area (Å²) >= 11 is 0. The van der Waals surface area contributed by atoms with Gasteiger partial charge in [-0.15, -0.1) is 0 Å². The molecule has 1 heterocycles. The zero-order chi connectivity index (χ0) is 12.6. The van der Waals surface area contributed by atoms with E-state index >= 15 is 0 Å². The molecule has 0 aliphatic rings. The number of nitrogens with zero attached hydrogens (tertiary/aromatic N) is 2. The van der Waals surface area contributed by atoms with Crippen molar-refractivity contribution in [2.24, 2.45) is 0 Å². The van der Waals surface area contributed by atoms with Crippen LogP contribution in [0.15, 0.2) is 24.3 Å². The highest BCUT2D eigenvalue weighted by atomic mass is 16.4. The summed E-state index contributed by atoms with van der Waals surface area (Å²) in [5.74, 6) is -1.17. The monoisotopic (exact) mass is 232 g/mol. The van der Waals surface area contributed by atoms with Crippen molar-refractivity contribution in [3.8, 4) is 11.4 Å². The predicted molar refractivity (Wildman–Crippen MR) is 61.7 cm³/mol. The summed E-state index contributed by atoms with van der Waals surface area (Å²) in [5.41, 5.74) is 2.12. The van der Waals surface area contributed by atoms with Gasteiger partial charge in [0.15, 0.2) is 0 Å². The molecule has 0 atom stereocenters. The number of aryl methyl sites for hydroxylation is 2. The Hall–Kier alpha value is -2.30. The zero-order valence-corrected chi connectivity index (χ0v) is 9.51. The summed E-state index contributed by atoms with van der Waals surface area (Å²) < 4.78 is 1.55. The summed E-state index contributed by atoms with van der Waals surface area (Å²) in [6.45, 7) is 3.68. The number of benzene rings is 1. The summed E-state index contributed by atoms with van der Waals surface area (Å²) in [5, 5.41) is 22.6. The van der Waals surface area contributed by atoms with Crippen LogP contribution in [0.1, 0.15) is 21.7 Å². The van der Waals surface area contributed by atoms with E-state index in [-0.39, 0.29) is 11.3 Å². The van der Waals surface area contributed by atoms with Crippen LogP contribution in [0.4, 0.5) is 0 Å². The van der Waals surface area contributed by atoms with E-state index in [0.717, 1.165) is 11.4 Å². The van der Waals surface area contributed by atoms with Gasteiger partial charge in [-0.3, -0.25) is 0 Å². The fourth-order valence-electron chi connectivity index (χ4n) is 1.75. The van der Waals surface area contributed by atoms with Crippen molar-refractivity contribution < 1.29 is 15.0 Å². The van der Waals surface area contributed by atoms with E-state index < -0.39 is 5.97 Å². The van der Waals surface area contributed by atoms with Crippen molar-refractivity contribution in [1.29, 1.82) is 0 Å². The van der Waals surface area contributed by atoms with Crippen molar-refractivity contribution in [3.63, 3.8) is 0 Å². The Bertz CT molecular complexity index is 587. The maximum absolute atomic E-state index is 11.1. The molecule has 0 unspecified atom stereocenters. The molecule has 5 nitrogen and oxygen atoms in total. The Morgan fingerprint density at radius 1 is 1.29 bits per heavy atom. The van der Waals surface area contributed by atoms with Crippen LogP contribution in [0.25, 0.3) is 5.69 Å². The second kappa shape index (κ2) is 3.93. The lowest BCUT2D eigenvalue weighted by Crippen LogP contribution is -2.07.